The van der Waals surface area contributed by atoms with Gasteiger partial charge in [-0.15, -0.1) is 0 Å². The van der Waals surface area contributed by atoms with Crippen LogP contribution in [0.15, 0.2) is 41.0 Å². The molecule has 98 valence electrons. The molecule has 0 aliphatic heterocycles. The molecule has 0 aliphatic rings. The molecule has 0 radical (unpaired) electrons. The zero-order valence-electron chi connectivity index (χ0n) is 10.8. The van der Waals surface area contributed by atoms with Crippen LogP contribution in [0, 0.1) is 17.1 Å². The highest BCUT2D eigenvalue weighted by atomic mass is 19.1. The third-order valence-corrected chi connectivity index (χ3v) is 2.99. The number of rotatable bonds is 5. The Morgan fingerprint density at radius 3 is 2.79 bits per heavy atom. The van der Waals surface area contributed by atoms with Crippen molar-refractivity contribution in [3.05, 3.63) is 59.3 Å². The number of halogens is 1. The lowest BCUT2D eigenvalue weighted by atomic mass is 10.1. The van der Waals surface area contributed by atoms with Crippen molar-refractivity contribution in [1.29, 1.82) is 5.26 Å². The van der Waals surface area contributed by atoms with Crippen LogP contribution in [0.3, 0.4) is 0 Å². The summed E-state index contributed by atoms with van der Waals surface area (Å²) in [7, 11) is 0. The van der Waals surface area contributed by atoms with Gasteiger partial charge in [-0.1, -0.05) is 6.92 Å². The van der Waals surface area contributed by atoms with E-state index >= 15 is 0 Å². The van der Waals surface area contributed by atoms with Gasteiger partial charge >= 0.3 is 0 Å². The number of furan rings is 1. The molecule has 0 spiro atoms. The molecular formula is C15H15FN2O. The monoisotopic (exact) mass is 258 g/mol. The summed E-state index contributed by atoms with van der Waals surface area (Å²) in [4.78, 5) is 2.09. The van der Waals surface area contributed by atoms with Crippen LogP contribution in [0.4, 0.5) is 4.39 Å². The van der Waals surface area contributed by atoms with Crippen molar-refractivity contribution in [1.82, 2.24) is 4.90 Å². The van der Waals surface area contributed by atoms with Crippen molar-refractivity contribution < 1.29 is 8.81 Å². The summed E-state index contributed by atoms with van der Waals surface area (Å²) in [6, 6.07) is 10.1. The van der Waals surface area contributed by atoms with E-state index in [4.69, 9.17) is 9.68 Å². The van der Waals surface area contributed by atoms with Crippen LogP contribution in [0.1, 0.15) is 23.8 Å². The summed E-state index contributed by atoms with van der Waals surface area (Å²) < 4.78 is 18.6. The van der Waals surface area contributed by atoms with Crippen LogP contribution in [0.25, 0.3) is 0 Å². The molecule has 2 rings (SSSR count). The van der Waals surface area contributed by atoms with Gasteiger partial charge in [0, 0.05) is 6.54 Å². The number of hydrogen-bond acceptors (Lipinski definition) is 3. The van der Waals surface area contributed by atoms with Crippen molar-refractivity contribution in [3.8, 4) is 6.07 Å². The Labute approximate surface area is 111 Å². The molecule has 0 unspecified atom stereocenters. The highest BCUT2D eigenvalue weighted by molar-refractivity contribution is 5.37. The van der Waals surface area contributed by atoms with E-state index in [0.29, 0.717) is 24.2 Å². The van der Waals surface area contributed by atoms with E-state index in [2.05, 4.69) is 11.0 Å². The first-order valence-electron chi connectivity index (χ1n) is 6.16. The second-order valence-electron chi connectivity index (χ2n) is 4.30. The largest absolute Gasteiger partial charge is 0.468 e. The Bertz CT molecular complexity index is 572. The van der Waals surface area contributed by atoms with Gasteiger partial charge in [0.05, 0.1) is 24.4 Å². The lowest BCUT2D eigenvalue weighted by Crippen LogP contribution is -2.22. The third-order valence-electron chi connectivity index (χ3n) is 2.99. The minimum absolute atomic E-state index is 0.317. The van der Waals surface area contributed by atoms with Gasteiger partial charge in [-0.2, -0.15) is 5.26 Å². The van der Waals surface area contributed by atoms with Crippen LogP contribution in [0.5, 0.6) is 0 Å². The number of nitriles is 1. The minimum atomic E-state index is -0.317. The van der Waals surface area contributed by atoms with Gasteiger partial charge in [-0.3, -0.25) is 4.90 Å². The average Bonchev–Trinajstić information content (AvgIpc) is 2.91. The topological polar surface area (TPSA) is 40.2 Å². The van der Waals surface area contributed by atoms with Crippen LogP contribution in [-0.4, -0.2) is 11.4 Å². The molecular weight excluding hydrogens is 243 g/mol. The summed E-state index contributed by atoms with van der Waals surface area (Å²) in [5.41, 5.74) is 1.22. The number of nitrogens with zero attached hydrogens (tertiary/aromatic N) is 2. The maximum atomic E-state index is 13.3. The van der Waals surface area contributed by atoms with E-state index in [1.165, 1.54) is 18.2 Å². The van der Waals surface area contributed by atoms with Crippen molar-refractivity contribution in [3.63, 3.8) is 0 Å². The molecule has 1 aromatic carbocycles. The molecule has 0 N–H and O–H groups in total. The van der Waals surface area contributed by atoms with E-state index in [9.17, 15) is 4.39 Å². The van der Waals surface area contributed by atoms with Gasteiger partial charge in [-0.05, 0) is 42.4 Å². The summed E-state index contributed by atoms with van der Waals surface area (Å²) >= 11 is 0. The van der Waals surface area contributed by atoms with Crippen molar-refractivity contribution >= 4 is 0 Å². The lowest BCUT2D eigenvalue weighted by Gasteiger charge is -2.19. The summed E-state index contributed by atoms with van der Waals surface area (Å²) in [5, 5.41) is 9.04. The second-order valence-corrected chi connectivity index (χ2v) is 4.30. The molecule has 0 bridgehead atoms. The van der Waals surface area contributed by atoms with Crippen molar-refractivity contribution in [2.75, 3.05) is 6.54 Å². The fraction of sp³-hybridized carbons (Fsp3) is 0.267. The molecule has 1 aromatic heterocycles. The maximum Gasteiger partial charge on any atom is 0.123 e. The molecule has 0 saturated carbocycles. The Morgan fingerprint density at radius 2 is 2.16 bits per heavy atom. The number of hydrogen-bond donors (Lipinski definition) is 0. The minimum Gasteiger partial charge on any atom is -0.468 e. The predicted octanol–water partition coefficient (Wildman–Crippen LogP) is 3.31. The van der Waals surface area contributed by atoms with Crippen molar-refractivity contribution in [2.24, 2.45) is 0 Å². The zero-order chi connectivity index (χ0) is 13.7. The molecule has 3 nitrogen and oxygen atoms in total. The van der Waals surface area contributed by atoms with E-state index in [0.717, 1.165) is 12.3 Å². The second kappa shape index (κ2) is 6.17. The van der Waals surface area contributed by atoms with E-state index < -0.39 is 0 Å². The average molecular weight is 258 g/mol. The molecule has 0 aliphatic carbocycles. The summed E-state index contributed by atoms with van der Waals surface area (Å²) in [6.45, 7) is 3.99. The molecule has 2 aromatic rings. The summed E-state index contributed by atoms with van der Waals surface area (Å²) in [6.07, 6.45) is 1.63. The highest BCUT2D eigenvalue weighted by Crippen LogP contribution is 2.15. The molecule has 1 heterocycles. The Kier molecular flexibility index (Phi) is 4.32. The van der Waals surface area contributed by atoms with E-state index in [-0.39, 0.29) is 5.82 Å². The fourth-order valence-electron chi connectivity index (χ4n) is 1.95. The van der Waals surface area contributed by atoms with Gasteiger partial charge in [0.2, 0.25) is 0 Å². The van der Waals surface area contributed by atoms with Crippen molar-refractivity contribution in [2.45, 2.75) is 20.0 Å². The van der Waals surface area contributed by atoms with E-state index in [1.54, 1.807) is 6.26 Å². The molecule has 0 atom stereocenters. The molecule has 0 amide bonds. The third kappa shape index (κ3) is 3.43. The Morgan fingerprint density at radius 1 is 1.32 bits per heavy atom. The molecule has 0 saturated heterocycles. The van der Waals surface area contributed by atoms with Crippen LogP contribution in [-0.2, 0) is 13.1 Å². The van der Waals surface area contributed by atoms with Crippen LogP contribution in [0.2, 0.25) is 0 Å². The van der Waals surface area contributed by atoms with Crippen LogP contribution >= 0.6 is 0 Å². The quantitative estimate of drug-likeness (QED) is 0.826. The number of benzene rings is 1. The van der Waals surface area contributed by atoms with Gasteiger partial charge in [0.25, 0.3) is 0 Å². The van der Waals surface area contributed by atoms with E-state index in [1.807, 2.05) is 19.1 Å². The standard InChI is InChI=1S/C15H15FN2O/c1-2-18(11-15-4-3-7-19-15)10-13-8-14(16)6-5-12(13)9-17/h3-8H,2,10-11H2,1H3. The van der Waals surface area contributed by atoms with Crippen LogP contribution < -0.4 is 0 Å². The first kappa shape index (κ1) is 13.3. The van der Waals surface area contributed by atoms with Gasteiger partial charge in [0.1, 0.15) is 11.6 Å². The predicted molar refractivity (Wildman–Crippen MR) is 69.6 cm³/mol. The molecule has 0 fully saturated rings. The zero-order valence-corrected chi connectivity index (χ0v) is 10.8. The fourth-order valence-corrected chi connectivity index (χ4v) is 1.95. The Balaban J connectivity index is 2.14. The first-order valence-corrected chi connectivity index (χ1v) is 6.16. The van der Waals surface area contributed by atoms with Gasteiger partial charge in [-0.25, -0.2) is 4.39 Å². The molecule has 19 heavy (non-hydrogen) atoms. The molecule has 4 heteroatoms. The lowest BCUT2D eigenvalue weighted by molar-refractivity contribution is 0.247. The SMILES string of the molecule is CCN(Cc1ccco1)Cc1cc(F)ccc1C#N. The maximum absolute atomic E-state index is 13.3. The smallest absolute Gasteiger partial charge is 0.123 e. The van der Waals surface area contributed by atoms with Gasteiger partial charge < -0.3 is 4.42 Å². The first-order chi connectivity index (χ1) is 9.22. The Hall–Kier alpha value is -2.12. The normalized spacial score (nSPS) is 10.6. The van der Waals surface area contributed by atoms with Gasteiger partial charge in [0.15, 0.2) is 0 Å². The highest BCUT2D eigenvalue weighted by Gasteiger charge is 2.10. The summed E-state index contributed by atoms with van der Waals surface area (Å²) in [5.74, 6) is 0.541.